The molecule has 3 heterocycles. The summed E-state index contributed by atoms with van der Waals surface area (Å²) in [5, 5.41) is 10.7. The minimum Gasteiger partial charge on any atom is -0.466 e. The zero-order valence-electron chi connectivity index (χ0n) is 25.0. The van der Waals surface area contributed by atoms with E-state index in [0.29, 0.717) is 25.7 Å². The minimum absolute atomic E-state index is 0.183. The van der Waals surface area contributed by atoms with Crippen molar-refractivity contribution < 1.29 is 29.0 Å². The molecule has 2 amide bonds. The lowest BCUT2D eigenvalue weighted by molar-refractivity contribution is -0.161. The number of amides is 2. The summed E-state index contributed by atoms with van der Waals surface area (Å²) in [6.45, 7) is 11.6. The van der Waals surface area contributed by atoms with Crippen molar-refractivity contribution in [1.29, 1.82) is 0 Å². The highest BCUT2D eigenvalue weighted by atomic mass is 16.6. The summed E-state index contributed by atoms with van der Waals surface area (Å²) in [5.41, 5.74) is 1.47. The largest absolute Gasteiger partial charge is 0.466 e. The Labute approximate surface area is 248 Å². The number of aliphatic hydroxyl groups excluding tert-OH is 1. The van der Waals surface area contributed by atoms with E-state index >= 15 is 0 Å². The monoisotopic (exact) mass is 574 g/mol. The number of aryl methyl sites for hydroxylation is 2. The van der Waals surface area contributed by atoms with E-state index in [1.54, 1.807) is 22.8 Å². The van der Waals surface area contributed by atoms with Gasteiger partial charge >= 0.3 is 5.97 Å². The Kier molecular flexibility index (Phi) is 8.32. The molecule has 3 fully saturated rings. The van der Waals surface area contributed by atoms with Gasteiger partial charge in [0.15, 0.2) is 0 Å². The maximum Gasteiger partial charge on any atom is 0.312 e. The van der Waals surface area contributed by atoms with Crippen molar-refractivity contribution >= 4 is 23.5 Å². The van der Waals surface area contributed by atoms with Gasteiger partial charge in [0.1, 0.15) is 17.6 Å². The molecule has 224 valence electrons. The van der Waals surface area contributed by atoms with Gasteiger partial charge in [-0.2, -0.15) is 0 Å². The first kappa shape index (κ1) is 30.0. The van der Waals surface area contributed by atoms with Gasteiger partial charge in [-0.3, -0.25) is 14.4 Å². The first-order chi connectivity index (χ1) is 20.2. The molecule has 2 bridgehead atoms. The second kappa shape index (κ2) is 11.7. The van der Waals surface area contributed by atoms with Gasteiger partial charge in [-0.1, -0.05) is 55.5 Å². The quantitative estimate of drug-likeness (QED) is 0.320. The van der Waals surface area contributed by atoms with Crippen molar-refractivity contribution in [3.63, 3.8) is 0 Å². The summed E-state index contributed by atoms with van der Waals surface area (Å²) in [6, 6.07) is 13.8. The number of likely N-dealkylation sites (tertiary alicyclic amines) is 1. The highest BCUT2D eigenvalue weighted by molar-refractivity contribution is 6.05. The van der Waals surface area contributed by atoms with Crippen molar-refractivity contribution in [2.24, 2.45) is 11.8 Å². The van der Waals surface area contributed by atoms with E-state index in [1.165, 1.54) is 0 Å². The van der Waals surface area contributed by atoms with E-state index in [4.69, 9.17) is 9.47 Å². The molecule has 2 aromatic rings. The van der Waals surface area contributed by atoms with E-state index in [2.05, 4.69) is 6.58 Å². The highest BCUT2D eigenvalue weighted by Gasteiger charge is 2.79. The molecule has 2 unspecified atom stereocenters. The van der Waals surface area contributed by atoms with Crippen LogP contribution in [-0.4, -0.2) is 70.8 Å². The number of rotatable bonds is 11. The van der Waals surface area contributed by atoms with Crippen LogP contribution in [0.5, 0.6) is 0 Å². The second-order valence-electron chi connectivity index (χ2n) is 11.9. The maximum absolute atomic E-state index is 15.0. The fourth-order valence-electron chi connectivity index (χ4n) is 7.65. The molecule has 5 rings (SSSR count). The fourth-order valence-corrected chi connectivity index (χ4v) is 7.65. The van der Waals surface area contributed by atoms with Crippen LogP contribution in [0.25, 0.3) is 0 Å². The molecule has 3 aliphatic heterocycles. The van der Waals surface area contributed by atoms with Gasteiger partial charge in [0.2, 0.25) is 5.91 Å². The molecule has 42 heavy (non-hydrogen) atoms. The number of esters is 1. The topological polar surface area (TPSA) is 96.4 Å². The Morgan fingerprint density at radius 2 is 1.93 bits per heavy atom. The Hall–Kier alpha value is -3.49. The van der Waals surface area contributed by atoms with Gasteiger partial charge in [-0.05, 0) is 69.2 Å². The molecular formula is C34H42N2O6. The molecule has 0 saturated carbocycles. The van der Waals surface area contributed by atoms with E-state index in [0.717, 1.165) is 22.4 Å². The number of hydrogen-bond acceptors (Lipinski definition) is 6. The molecule has 0 aromatic heterocycles. The molecule has 8 heteroatoms. The van der Waals surface area contributed by atoms with Crippen LogP contribution in [0, 0.1) is 25.7 Å². The van der Waals surface area contributed by atoms with Gasteiger partial charge in [-0.25, -0.2) is 0 Å². The predicted molar refractivity (Wildman–Crippen MR) is 160 cm³/mol. The van der Waals surface area contributed by atoms with Crippen molar-refractivity contribution in [3.05, 3.63) is 77.9 Å². The van der Waals surface area contributed by atoms with E-state index in [1.807, 2.05) is 69.3 Å². The van der Waals surface area contributed by atoms with Gasteiger partial charge in [0.25, 0.3) is 5.91 Å². The van der Waals surface area contributed by atoms with Crippen molar-refractivity contribution in [3.8, 4) is 0 Å². The van der Waals surface area contributed by atoms with Crippen LogP contribution >= 0.6 is 0 Å². The molecule has 6 atom stereocenters. The van der Waals surface area contributed by atoms with Crippen LogP contribution in [0.3, 0.4) is 0 Å². The SMILES string of the molecule is C=CCN(C(=O)C1N([C@@H](CO)Cc2ccccc2)C(=O)[C@@H]2[C@@H](C(=O)OCC)[C@@]3(CC)CCC12O3)c1cc(C)ccc1C. The van der Waals surface area contributed by atoms with Crippen LogP contribution in [-0.2, 0) is 30.3 Å². The van der Waals surface area contributed by atoms with E-state index < -0.39 is 41.1 Å². The third kappa shape index (κ3) is 4.65. The Bertz CT molecular complexity index is 1360. The number of nitrogens with zero attached hydrogens (tertiary/aromatic N) is 2. The summed E-state index contributed by atoms with van der Waals surface area (Å²) >= 11 is 0. The van der Waals surface area contributed by atoms with Gasteiger partial charge in [-0.15, -0.1) is 6.58 Å². The number of fused-ring (bicyclic) bond motifs is 1. The predicted octanol–water partition coefficient (Wildman–Crippen LogP) is 4.14. The van der Waals surface area contributed by atoms with Crippen molar-refractivity contribution in [1.82, 2.24) is 4.90 Å². The second-order valence-corrected chi connectivity index (χ2v) is 11.9. The number of carbonyl (C=O) groups excluding carboxylic acids is 3. The third-order valence-electron chi connectivity index (χ3n) is 9.54. The summed E-state index contributed by atoms with van der Waals surface area (Å²) < 4.78 is 12.4. The van der Waals surface area contributed by atoms with E-state index in [9.17, 15) is 19.5 Å². The third-order valence-corrected chi connectivity index (χ3v) is 9.54. The lowest BCUT2D eigenvalue weighted by atomic mass is 9.65. The molecule has 0 aliphatic carbocycles. The lowest BCUT2D eigenvalue weighted by Crippen LogP contribution is -2.59. The zero-order chi connectivity index (χ0) is 30.2. The van der Waals surface area contributed by atoms with Crippen LogP contribution in [0.15, 0.2) is 61.2 Å². The minimum atomic E-state index is -1.22. The smallest absolute Gasteiger partial charge is 0.312 e. The van der Waals surface area contributed by atoms with Crippen LogP contribution in [0.4, 0.5) is 5.69 Å². The normalized spacial score (nSPS) is 28.5. The average molecular weight is 575 g/mol. The van der Waals surface area contributed by atoms with Crippen molar-refractivity contribution in [2.45, 2.75) is 76.7 Å². The van der Waals surface area contributed by atoms with Crippen LogP contribution in [0.2, 0.25) is 0 Å². The maximum atomic E-state index is 15.0. The lowest BCUT2D eigenvalue weighted by Gasteiger charge is -2.40. The summed E-state index contributed by atoms with van der Waals surface area (Å²) in [6.07, 6.45) is 3.54. The molecule has 1 spiro atoms. The highest BCUT2D eigenvalue weighted by Crippen LogP contribution is 2.65. The first-order valence-electron chi connectivity index (χ1n) is 15.0. The average Bonchev–Trinajstić information content (AvgIpc) is 3.60. The number of aliphatic hydroxyl groups is 1. The molecular weight excluding hydrogens is 532 g/mol. The number of anilines is 1. The molecule has 2 aromatic carbocycles. The van der Waals surface area contributed by atoms with Crippen molar-refractivity contribution in [2.75, 3.05) is 24.7 Å². The molecule has 3 aliphatic rings. The fraction of sp³-hybridized carbons (Fsp3) is 0.500. The van der Waals surface area contributed by atoms with Gasteiger partial charge in [0, 0.05) is 12.2 Å². The number of benzene rings is 2. The summed E-state index contributed by atoms with van der Waals surface area (Å²) in [5.74, 6) is -2.81. The summed E-state index contributed by atoms with van der Waals surface area (Å²) in [4.78, 5) is 46.3. The van der Waals surface area contributed by atoms with Crippen LogP contribution in [0.1, 0.15) is 49.8 Å². The van der Waals surface area contributed by atoms with E-state index in [-0.39, 0.29) is 31.6 Å². The number of ether oxygens (including phenoxy) is 2. The van der Waals surface area contributed by atoms with Gasteiger partial charge < -0.3 is 24.4 Å². The molecule has 1 N–H and O–H groups in total. The molecule has 3 saturated heterocycles. The van der Waals surface area contributed by atoms with Crippen LogP contribution < -0.4 is 4.90 Å². The number of carbonyl (C=O) groups is 3. The summed E-state index contributed by atoms with van der Waals surface area (Å²) in [7, 11) is 0. The zero-order valence-corrected chi connectivity index (χ0v) is 25.0. The molecule has 0 radical (unpaired) electrons. The Balaban J connectivity index is 1.66. The Morgan fingerprint density at radius 1 is 1.19 bits per heavy atom. The Morgan fingerprint density at radius 3 is 2.57 bits per heavy atom. The van der Waals surface area contributed by atoms with Gasteiger partial charge in [0.05, 0.1) is 30.8 Å². The first-order valence-corrected chi connectivity index (χ1v) is 15.0. The molecule has 8 nitrogen and oxygen atoms in total. The number of hydrogen-bond donors (Lipinski definition) is 1. The standard InChI is InChI=1S/C34H42N2O6/c1-6-18-35(26-19-22(4)14-15-23(26)5)31(39)29-34-17-16-33(7-2,42-34)28(32(40)41-8-3)27(34)30(38)36(29)25(21-37)20-24-12-10-9-11-13-24/h6,9-15,19,25,27-29,37H,1,7-8,16-18,20-21H2,2-5H3/t25-,27+,28+,29?,33-,34?/m1/s1.